The van der Waals surface area contributed by atoms with Crippen molar-refractivity contribution in [3.05, 3.63) is 29.6 Å². The number of hydrogen-bond donors (Lipinski definition) is 1. The molecule has 1 aromatic rings. The molecule has 0 aromatic heterocycles. The van der Waals surface area contributed by atoms with Crippen LogP contribution in [-0.4, -0.2) is 14.2 Å². The Bertz CT molecular complexity index is 590. The average Bonchev–Trinajstić information content (AvgIpc) is 2.18. The van der Waals surface area contributed by atoms with Crippen molar-refractivity contribution < 1.29 is 26.0 Å². The van der Waals surface area contributed by atoms with Crippen molar-refractivity contribution >= 4 is 15.7 Å². The van der Waals surface area contributed by atoms with E-state index in [9.17, 15) is 26.0 Å². The quantitative estimate of drug-likeness (QED) is 0.863. The topological polar surface area (TPSA) is 70.0 Å². The molecule has 18 heavy (non-hydrogen) atoms. The number of hydrogen-bond acceptors (Lipinski definition) is 3. The third-order valence-corrected chi connectivity index (χ3v) is 2.86. The molecule has 1 rings (SSSR count). The van der Waals surface area contributed by atoms with Gasteiger partial charge in [0, 0.05) is 5.69 Å². The maximum Gasteiger partial charge on any atom is 0.419 e. The highest BCUT2D eigenvalue weighted by atomic mass is 32.2. The van der Waals surface area contributed by atoms with Crippen LogP contribution in [0.1, 0.15) is 5.56 Å². The Morgan fingerprint density at radius 3 is 2.44 bits per heavy atom. The number of benzene rings is 1. The molecule has 0 radical (unpaired) electrons. The van der Waals surface area contributed by atoms with E-state index in [0.717, 1.165) is 6.07 Å². The Morgan fingerprint density at radius 1 is 1.33 bits per heavy atom. The van der Waals surface area contributed by atoms with Gasteiger partial charge in [0.15, 0.2) is 5.75 Å². The molecule has 0 unspecified atom stereocenters. The van der Waals surface area contributed by atoms with Gasteiger partial charge in [-0.1, -0.05) is 0 Å². The summed E-state index contributed by atoms with van der Waals surface area (Å²) in [4.78, 5) is 0. The number of halogens is 4. The maximum atomic E-state index is 12.9. The molecule has 0 spiro atoms. The normalized spacial score (nSPS) is 11.9. The minimum absolute atomic E-state index is 0.324. The van der Waals surface area contributed by atoms with Crippen LogP contribution in [-0.2, 0) is 16.2 Å². The number of nitrogens with zero attached hydrogens (tertiary/aromatic N) is 1. The maximum absolute atomic E-state index is 12.9. The predicted molar refractivity (Wildman–Crippen MR) is 54.4 cm³/mol. The van der Waals surface area contributed by atoms with Crippen LogP contribution in [0, 0.1) is 17.1 Å². The summed E-state index contributed by atoms with van der Waals surface area (Å²) in [5.41, 5.74) is -2.04. The number of nitrogens with one attached hydrogen (secondary N) is 1. The summed E-state index contributed by atoms with van der Waals surface area (Å²) in [6.07, 6.45) is -4.93. The average molecular weight is 282 g/mol. The van der Waals surface area contributed by atoms with E-state index >= 15 is 0 Å². The lowest BCUT2D eigenvalue weighted by molar-refractivity contribution is -0.139. The number of sulfonamides is 1. The molecule has 0 aliphatic carbocycles. The molecule has 4 nitrogen and oxygen atoms in total. The molecule has 0 heterocycles. The summed E-state index contributed by atoms with van der Waals surface area (Å²) in [6.45, 7) is 0. The second-order valence-electron chi connectivity index (χ2n) is 3.21. The molecule has 0 aliphatic heterocycles. The first-order valence-electron chi connectivity index (χ1n) is 4.40. The van der Waals surface area contributed by atoms with Gasteiger partial charge < -0.3 is 0 Å². The van der Waals surface area contributed by atoms with Crippen molar-refractivity contribution in [3.8, 4) is 6.07 Å². The van der Waals surface area contributed by atoms with Crippen LogP contribution in [0.25, 0.3) is 0 Å². The van der Waals surface area contributed by atoms with Gasteiger partial charge in [-0.3, -0.25) is 4.72 Å². The minimum Gasteiger partial charge on any atom is -0.283 e. The zero-order valence-corrected chi connectivity index (χ0v) is 9.44. The molecule has 1 N–H and O–H groups in total. The standard InChI is InChI=1S/C9H6F4N2O2S/c10-8-2-1-6(5-7(8)9(11,12)13)15-18(16,17)4-3-14/h1-2,5,15H,4H2. The third-order valence-electron chi connectivity index (χ3n) is 1.80. The Balaban J connectivity index is 3.12. The lowest BCUT2D eigenvalue weighted by atomic mass is 10.2. The highest BCUT2D eigenvalue weighted by molar-refractivity contribution is 7.92. The summed E-state index contributed by atoms with van der Waals surface area (Å²) in [5, 5.41) is 8.20. The van der Waals surface area contributed by atoms with Crippen LogP contribution < -0.4 is 4.72 Å². The van der Waals surface area contributed by atoms with E-state index in [1.165, 1.54) is 6.07 Å². The number of rotatable bonds is 3. The van der Waals surface area contributed by atoms with E-state index in [4.69, 9.17) is 5.26 Å². The van der Waals surface area contributed by atoms with Crippen LogP contribution in [0.2, 0.25) is 0 Å². The second-order valence-corrected chi connectivity index (χ2v) is 4.93. The van der Waals surface area contributed by atoms with Gasteiger partial charge in [-0.15, -0.1) is 0 Å². The van der Waals surface area contributed by atoms with E-state index < -0.39 is 39.0 Å². The molecule has 9 heteroatoms. The first-order chi connectivity index (χ1) is 8.15. The molecule has 0 amide bonds. The van der Waals surface area contributed by atoms with E-state index in [1.807, 2.05) is 0 Å². The number of nitriles is 1. The molecule has 0 bridgehead atoms. The van der Waals surface area contributed by atoms with Crippen LogP contribution in [0.15, 0.2) is 18.2 Å². The molecular formula is C9H6F4N2O2S. The van der Waals surface area contributed by atoms with Gasteiger partial charge in [0.05, 0.1) is 11.6 Å². The zero-order valence-electron chi connectivity index (χ0n) is 8.62. The van der Waals surface area contributed by atoms with Crippen LogP contribution in [0.4, 0.5) is 23.2 Å². The summed E-state index contributed by atoms with van der Waals surface area (Å²) in [6, 6.07) is 2.99. The third kappa shape index (κ3) is 3.59. The summed E-state index contributed by atoms with van der Waals surface area (Å²) < 4.78 is 73.9. The van der Waals surface area contributed by atoms with Crippen molar-refractivity contribution in [1.29, 1.82) is 5.26 Å². The van der Waals surface area contributed by atoms with Crippen molar-refractivity contribution in [3.63, 3.8) is 0 Å². The fourth-order valence-electron chi connectivity index (χ4n) is 1.11. The van der Waals surface area contributed by atoms with E-state index in [2.05, 4.69) is 0 Å². The molecule has 98 valence electrons. The first-order valence-corrected chi connectivity index (χ1v) is 6.05. The van der Waals surface area contributed by atoms with Gasteiger partial charge in [0.1, 0.15) is 5.82 Å². The molecule has 0 fully saturated rings. The minimum atomic E-state index is -4.93. The lowest BCUT2D eigenvalue weighted by Crippen LogP contribution is -2.16. The van der Waals surface area contributed by atoms with Crippen LogP contribution in [0.5, 0.6) is 0 Å². The van der Waals surface area contributed by atoms with Crippen molar-refractivity contribution in [2.75, 3.05) is 10.5 Å². The van der Waals surface area contributed by atoms with Crippen LogP contribution >= 0.6 is 0 Å². The summed E-state index contributed by atoms with van der Waals surface area (Å²) in [7, 11) is -4.06. The number of alkyl halides is 3. The Hall–Kier alpha value is -1.82. The summed E-state index contributed by atoms with van der Waals surface area (Å²) >= 11 is 0. The van der Waals surface area contributed by atoms with Gasteiger partial charge in [-0.25, -0.2) is 12.8 Å². The zero-order chi connectivity index (χ0) is 14.0. The van der Waals surface area contributed by atoms with E-state index in [1.54, 1.807) is 4.72 Å². The fraction of sp³-hybridized carbons (Fsp3) is 0.222. The summed E-state index contributed by atoms with van der Waals surface area (Å²) in [5.74, 6) is -2.42. The predicted octanol–water partition coefficient (Wildman–Crippen LogP) is 2.11. The van der Waals surface area contributed by atoms with Crippen molar-refractivity contribution in [1.82, 2.24) is 0 Å². The fourth-order valence-corrected chi connectivity index (χ4v) is 1.83. The molecule has 0 atom stereocenters. The number of anilines is 1. The van der Waals surface area contributed by atoms with Gasteiger partial charge in [0.2, 0.25) is 10.0 Å². The van der Waals surface area contributed by atoms with E-state index in [0.29, 0.717) is 12.1 Å². The highest BCUT2D eigenvalue weighted by Gasteiger charge is 2.34. The molecular weight excluding hydrogens is 276 g/mol. The Labute approximate surface area is 99.9 Å². The molecule has 0 saturated carbocycles. The van der Waals surface area contributed by atoms with E-state index in [-0.39, 0.29) is 0 Å². The van der Waals surface area contributed by atoms with Gasteiger partial charge in [-0.2, -0.15) is 18.4 Å². The van der Waals surface area contributed by atoms with Crippen molar-refractivity contribution in [2.45, 2.75) is 6.18 Å². The first kappa shape index (κ1) is 14.2. The molecule has 0 aliphatic rings. The second kappa shape index (κ2) is 4.81. The van der Waals surface area contributed by atoms with Gasteiger partial charge in [0.25, 0.3) is 0 Å². The highest BCUT2D eigenvalue weighted by Crippen LogP contribution is 2.33. The van der Waals surface area contributed by atoms with Crippen LogP contribution in [0.3, 0.4) is 0 Å². The lowest BCUT2D eigenvalue weighted by Gasteiger charge is -2.11. The largest absolute Gasteiger partial charge is 0.419 e. The Kier molecular flexibility index (Phi) is 3.81. The van der Waals surface area contributed by atoms with Gasteiger partial charge in [-0.05, 0) is 18.2 Å². The van der Waals surface area contributed by atoms with Gasteiger partial charge >= 0.3 is 6.18 Å². The Morgan fingerprint density at radius 2 is 1.94 bits per heavy atom. The monoisotopic (exact) mass is 282 g/mol. The SMILES string of the molecule is N#CCS(=O)(=O)Nc1ccc(F)c(C(F)(F)F)c1. The molecule has 1 aromatic carbocycles. The molecule has 0 saturated heterocycles. The van der Waals surface area contributed by atoms with Crippen molar-refractivity contribution in [2.24, 2.45) is 0 Å². The smallest absolute Gasteiger partial charge is 0.283 e.